The van der Waals surface area contributed by atoms with Crippen LogP contribution in [0.2, 0.25) is 0 Å². The van der Waals surface area contributed by atoms with E-state index < -0.39 is 10.3 Å². The highest BCUT2D eigenvalue weighted by atomic mass is 32.2. The van der Waals surface area contributed by atoms with Crippen LogP contribution in [0.3, 0.4) is 0 Å². The summed E-state index contributed by atoms with van der Waals surface area (Å²) in [6.07, 6.45) is 5.65. The maximum Gasteiger partial charge on any atom is 0.217 e. The topological polar surface area (TPSA) is 51.2 Å². The molecular formula is C12H16O3S. The van der Waals surface area contributed by atoms with E-state index in [0.29, 0.717) is 4.86 Å². The minimum Gasteiger partial charge on any atom is -0.300 e. The first-order chi connectivity index (χ1) is 7.41. The Morgan fingerprint density at radius 3 is 2.50 bits per heavy atom. The lowest BCUT2D eigenvalue weighted by Gasteiger charge is -2.17. The Morgan fingerprint density at radius 1 is 1.44 bits per heavy atom. The second kappa shape index (κ2) is 5.25. The highest BCUT2D eigenvalue weighted by Crippen LogP contribution is 2.21. The molecule has 0 radical (unpaired) electrons. The van der Waals surface area contributed by atoms with Crippen LogP contribution < -0.4 is 0 Å². The summed E-state index contributed by atoms with van der Waals surface area (Å²) in [5, 5.41) is 0. The number of Topliss-reactive ketones (excluding diaryl/α,β-unsaturated/α-hetero) is 1. The van der Waals surface area contributed by atoms with Crippen LogP contribution >= 0.6 is 0 Å². The Kier molecular flexibility index (Phi) is 4.24. The van der Waals surface area contributed by atoms with Gasteiger partial charge < -0.3 is 0 Å². The Morgan fingerprint density at radius 2 is 2.06 bits per heavy atom. The van der Waals surface area contributed by atoms with Crippen LogP contribution in [-0.2, 0) is 15.1 Å². The van der Waals surface area contributed by atoms with Crippen molar-refractivity contribution < 1.29 is 13.2 Å². The normalized spacial score (nSPS) is 19.9. The van der Waals surface area contributed by atoms with Gasteiger partial charge in [-0.3, -0.25) is 4.79 Å². The smallest absolute Gasteiger partial charge is 0.217 e. The van der Waals surface area contributed by atoms with E-state index in [-0.39, 0.29) is 24.0 Å². The third-order valence-electron chi connectivity index (χ3n) is 2.56. The fourth-order valence-electron chi connectivity index (χ4n) is 1.65. The Bertz CT molecular complexity index is 470. The van der Waals surface area contributed by atoms with Gasteiger partial charge in [0.05, 0.1) is 4.86 Å². The third kappa shape index (κ3) is 3.17. The largest absolute Gasteiger partial charge is 0.300 e. The van der Waals surface area contributed by atoms with E-state index in [1.165, 1.54) is 6.92 Å². The van der Waals surface area contributed by atoms with Gasteiger partial charge in [-0.25, -0.2) is 0 Å². The molecule has 1 atom stereocenters. The highest BCUT2D eigenvalue weighted by molar-refractivity contribution is 7.73. The van der Waals surface area contributed by atoms with Crippen molar-refractivity contribution in [3.63, 3.8) is 0 Å². The van der Waals surface area contributed by atoms with Gasteiger partial charge in [-0.15, -0.1) is 0 Å². The highest BCUT2D eigenvalue weighted by Gasteiger charge is 2.19. The molecule has 0 aliphatic heterocycles. The van der Waals surface area contributed by atoms with Crippen LogP contribution in [0.1, 0.15) is 27.2 Å². The standard InChI is InChI=1S/C12H16O3S/c1-8(2)10-4-5-11(6-9(3)13)12(7-10)16(14)15/h4-5,7-8,11H,6H2,1-3H3. The maximum atomic E-state index is 11.1. The Hall–Kier alpha value is -1.16. The number of carbonyl (C=O) groups is 1. The predicted molar refractivity (Wildman–Crippen MR) is 64.8 cm³/mol. The third-order valence-corrected chi connectivity index (χ3v) is 3.37. The second-order valence-corrected chi connectivity index (χ2v) is 5.25. The Balaban J connectivity index is 3.10. The van der Waals surface area contributed by atoms with Gasteiger partial charge in [-0.2, -0.15) is 8.42 Å². The van der Waals surface area contributed by atoms with Gasteiger partial charge in [0.2, 0.25) is 10.3 Å². The molecule has 3 nitrogen and oxygen atoms in total. The first kappa shape index (κ1) is 12.9. The molecule has 4 heteroatoms. The number of carbonyl (C=O) groups excluding carboxylic acids is 1. The molecule has 88 valence electrons. The summed E-state index contributed by atoms with van der Waals surface area (Å²) in [6, 6.07) is 0. The summed E-state index contributed by atoms with van der Waals surface area (Å²) in [5.41, 5.74) is 0.985. The van der Waals surface area contributed by atoms with Crippen LogP contribution in [0.25, 0.3) is 0 Å². The van der Waals surface area contributed by atoms with E-state index in [2.05, 4.69) is 0 Å². The molecule has 0 aromatic rings. The van der Waals surface area contributed by atoms with Crippen molar-refractivity contribution >= 4 is 20.9 Å². The van der Waals surface area contributed by atoms with E-state index in [4.69, 9.17) is 0 Å². The van der Waals surface area contributed by atoms with Crippen LogP contribution in [0.15, 0.2) is 23.8 Å². The number of allylic oxidation sites excluding steroid dienone is 4. The Labute approximate surface area is 97.4 Å². The van der Waals surface area contributed by atoms with Crippen molar-refractivity contribution in [2.75, 3.05) is 0 Å². The van der Waals surface area contributed by atoms with Crippen LogP contribution in [0.5, 0.6) is 0 Å². The molecule has 0 heterocycles. The summed E-state index contributed by atoms with van der Waals surface area (Å²) in [5.74, 6) is -0.00888. The monoisotopic (exact) mass is 240 g/mol. The average molecular weight is 240 g/mol. The molecule has 0 saturated heterocycles. The van der Waals surface area contributed by atoms with Gasteiger partial charge in [-0.1, -0.05) is 26.0 Å². The van der Waals surface area contributed by atoms with E-state index in [1.54, 1.807) is 6.08 Å². The first-order valence-electron chi connectivity index (χ1n) is 5.27. The van der Waals surface area contributed by atoms with Gasteiger partial charge in [-0.05, 0) is 24.5 Å². The molecule has 1 rings (SSSR count). The van der Waals surface area contributed by atoms with Crippen molar-refractivity contribution in [1.82, 2.24) is 0 Å². The van der Waals surface area contributed by atoms with Crippen LogP contribution in [0.4, 0.5) is 0 Å². The van der Waals surface area contributed by atoms with Crippen molar-refractivity contribution in [1.29, 1.82) is 0 Å². The average Bonchev–Trinajstić information content (AvgIpc) is 2.16. The van der Waals surface area contributed by atoms with Crippen molar-refractivity contribution in [2.24, 2.45) is 11.8 Å². The number of hydrogen-bond acceptors (Lipinski definition) is 3. The molecule has 0 fully saturated rings. The lowest BCUT2D eigenvalue weighted by Crippen LogP contribution is -2.18. The maximum absolute atomic E-state index is 11.1. The quantitative estimate of drug-likeness (QED) is 0.707. The van der Waals surface area contributed by atoms with Gasteiger partial charge in [0.15, 0.2) is 0 Å². The lowest BCUT2D eigenvalue weighted by molar-refractivity contribution is -0.117. The predicted octanol–water partition coefficient (Wildman–Crippen LogP) is 1.79. The van der Waals surface area contributed by atoms with E-state index in [0.717, 1.165) is 5.57 Å². The molecule has 1 aliphatic carbocycles. The zero-order valence-corrected chi connectivity index (χ0v) is 10.5. The molecule has 0 bridgehead atoms. The second-order valence-electron chi connectivity index (χ2n) is 4.31. The molecule has 1 unspecified atom stereocenters. The summed E-state index contributed by atoms with van der Waals surface area (Å²) in [6.45, 7) is 5.49. The minimum absolute atomic E-state index is 0.000929. The van der Waals surface area contributed by atoms with Gasteiger partial charge >= 0.3 is 0 Å². The molecule has 0 saturated carbocycles. The molecule has 16 heavy (non-hydrogen) atoms. The van der Waals surface area contributed by atoms with E-state index >= 15 is 0 Å². The molecule has 0 amide bonds. The molecule has 0 N–H and O–H groups in total. The first-order valence-corrected chi connectivity index (χ1v) is 6.34. The van der Waals surface area contributed by atoms with Crippen molar-refractivity contribution in [3.8, 4) is 0 Å². The summed E-state index contributed by atoms with van der Waals surface area (Å²) in [7, 11) is -2.25. The van der Waals surface area contributed by atoms with Crippen molar-refractivity contribution in [2.45, 2.75) is 27.2 Å². The zero-order chi connectivity index (χ0) is 12.3. The van der Waals surface area contributed by atoms with Gasteiger partial charge in [0.1, 0.15) is 5.78 Å². The fourth-order valence-corrected chi connectivity index (χ4v) is 2.29. The fraction of sp³-hybridized carbons (Fsp3) is 0.500. The van der Waals surface area contributed by atoms with E-state index in [9.17, 15) is 13.2 Å². The number of rotatable bonds is 3. The van der Waals surface area contributed by atoms with Crippen LogP contribution in [-0.4, -0.2) is 19.1 Å². The molecular weight excluding hydrogens is 224 g/mol. The number of hydrogen-bond donors (Lipinski definition) is 0. The van der Waals surface area contributed by atoms with Gasteiger partial charge in [0.25, 0.3) is 0 Å². The summed E-state index contributed by atoms with van der Waals surface area (Å²) in [4.78, 5) is 11.3. The number of ketones is 1. The minimum atomic E-state index is -2.25. The molecule has 0 spiro atoms. The summed E-state index contributed by atoms with van der Waals surface area (Å²) < 4.78 is 22.2. The zero-order valence-electron chi connectivity index (χ0n) is 9.73. The molecule has 1 aliphatic rings. The van der Waals surface area contributed by atoms with Crippen LogP contribution in [0, 0.1) is 11.8 Å². The summed E-state index contributed by atoms with van der Waals surface area (Å²) >= 11 is 0. The molecule has 0 aromatic carbocycles. The van der Waals surface area contributed by atoms with Gasteiger partial charge in [0, 0.05) is 12.3 Å². The molecule has 0 aromatic heterocycles. The SMILES string of the molecule is CC(=O)CC1C=CC(C(C)C)=CC1=S(=O)=O. The van der Waals surface area contributed by atoms with Crippen molar-refractivity contribution in [3.05, 3.63) is 23.8 Å². The van der Waals surface area contributed by atoms with E-state index in [1.807, 2.05) is 26.0 Å². The lowest BCUT2D eigenvalue weighted by atomic mass is 9.89.